The third-order valence-corrected chi connectivity index (χ3v) is 5.08. The van der Waals surface area contributed by atoms with E-state index in [1.807, 2.05) is 61.5 Å². The van der Waals surface area contributed by atoms with Crippen molar-refractivity contribution in [3.63, 3.8) is 0 Å². The number of hydrogen-bond acceptors (Lipinski definition) is 6. The van der Waals surface area contributed by atoms with Crippen LogP contribution in [0.25, 0.3) is 6.08 Å². The highest BCUT2D eigenvalue weighted by Gasteiger charge is 2.25. The zero-order valence-electron chi connectivity index (χ0n) is 15.8. The first kappa shape index (κ1) is 18.8. The molecule has 7 heteroatoms. The minimum atomic E-state index is -0.526. The Bertz CT molecular complexity index is 1130. The molecule has 1 aliphatic rings. The maximum Gasteiger partial charge on any atom is 0.363 e. The minimum absolute atomic E-state index is 0.148. The number of nitrogens with zero attached hydrogens (tertiary/aromatic N) is 3. The Kier molecular flexibility index (Phi) is 5.05. The van der Waals surface area contributed by atoms with Crippen LogP contribution < -0.4 is 4.90 Å². The summed E-state index contributed by atoms with van der Waals surface area (Å²) in [7, 11) is 0. The molecule has 0 N–H and O–H groups in total. The smallest absolute Gasteiger partial charge is 0.363 e. The van der Waals surface area contributed by atoms with Crippen LogP contribution in [-0.4, -0.2) is 22.8 Å². The number of cyclic esters (lactones) is 1. The van der Waals surface area contributed by atoms with Crippen molar-refractivity contribution in [2.75, 3.05) is 4.90 Å². The number of carbonyl (C=O) groups excluding carboxylic acids is 2. The zero-order valence-corrected chi connectivity index (χ0v) is 16.6. The average molecular weight is 403 g/mol. The number of carbonyl (C=O) groups is 2. The van der Waals surface area contributed by atoms with Gasteiger partial charge in [-0.3, -0.25) is 9.69 Å². The van der Waals surface area contributed by atoms with Gasteiger partial charge >= 0.3 is 5.97 Å². The van der Waals surface area contributed by atoms with Crippen LogP contribution in [0, 0.1) is 6.92 Å². The van der Waals surface area contributed by atoms with Crippen LogP contribution in [-0.2, 0) is 14.3 Å². The second kappa shape index (κ2) is 7.81. The Morgan fingerprint density at radius 1 is 1.10 bits per heavy atom. The molecule has 0 atom stereocenters. The third-order valence-electron chi connectivity index (χ3n) is 4.23. The fourth-order valence-corrected chi connectivity index (χ4v) is 3.66. The highest BCUT2D eigenvalue weighted by atomic mass is 32.1. The Morgan fingerprint density at radius 2 is 1.83 bits per heavy atom. The van der Waals surface area contributed by atoms with Crippen LogP contribution in [0.5, 0.6) is 0 Å². The molecule has 0 bridgehead atoms. The summed E-state index contributed by atoms with van der Waals surface area (Å²) in [6.07, 6.45) is 1.56. The number of ether oxygens (including phenoxy) is 1. The molecule has 1 aromatic heterocycles. The minimum Gasteiger partial charge on any atom is -0.402 e. The standard InChI is InChI=1S/C22H17N3O3S/c1-14-8-10-16(11-9-14)20-24-19(21(27)28-20)12-17-13-29-22(23-17)25(15(2)26)18-6-4-3-5-7-18/h3-13H,1-2H3/b19-12+. The van der Waals surface area contributed by atoms with Crippen molar-refractivity contribution in [3.8, 4) is 0 Å². The van der Waals surface area contributed by atoms with Gasteiger partial charge in [0.15, 0.2) is 10.8 Å². The molecule has 6 nitrogen and oxygen atoms in total. The van der Waals surface area contributed by atoms with E-state index >= 15 is 0 Å². The number of hydrogen-bond donors (Lipinski definition) is 0. The summed E-state index contributed by atoms with van der Waals surface area (Å²) in [5.74, 6) is -0.405. The molecular weight excluding hydrogens is 386 g/mol. The number of anilines is 2. The van der Waals surface area contributed by atoms with Crippen LogP contribution >= 0.6 is 11.3 Å². The maximum atomic E-state index is 12.2. The Labute approximate surface area is 171 Å². The molecule has 144 valence electrons. The highest BCUT2D eigenvalue weighted by molar-refractivity contribution is 7.14. The summed E-state index contributed by atoms with van der Waals surface area (Å²) < 4.78 is 5.29. The van der Waals surface area contributed by atoms with E-state index in [-0.39, 0.29) is 17.5 Å². The second-order valence-electron chi connectivity index (χ2n) is 6.45. The Balaban J connectivity index is 1.62. The summed E-state index contributed by atoms with van der Waals surface area (Å²) in [5.41, 5.74) is 3.28. The van der Waals surface area contributed by atoms with Gasteiger partial charge in [0, 0.05) is 17.9 Å². The topological polar surface area (TPSA) is 71.9 Å². The normalized spacial score (nSPS) is 14.6. The molecule has 0 unspecified atom stereocenters. The molecule has 0 radical (unpaired) electrons. The second-order valence-corrected chi connectivity index (χ2v) is 7.28. The van der Waals surface area contributed by atoms with E-state index in [4.69, 9.17) is 4.74 Å². The molecule has 29 heavy (non-hydrogen) atoms. The molecule has 1 aliphatic heterocycles. The van der Waals surface area contributed by atoms with E-state index in [0.717, 1.165) is 16.8 Å². The highest BCUT2D eigenvalue weighted by Crippen LogP contribution is 2.30. The van der Waals surface area contributed by atoms with Crippen molar-refractivity contribution >= 4 is 46.0 Å². The van der Waals surface area contributed by atoms with Crippen LogP contribution in [0.2, 0.25) is 0 Å². The number of esters is 1. The van der Waals surface area contributed by atoms with Crippen molar-refractivity contribution in [1.82, 2.24) is 4.98 Å². The van der Waals surface area contributed by atoms with Crippen LogP contribution in [0.15, 0.2) is 70.7 Å². The molecule has 0 saturated carbocycles. The maximum absolute atomic E-state index is 12.2. The molecular formula is C22H17N3O3S. The molecule has 4 rings (SSSR count). The number of aliphatic imine (C=N–C) groups is 1. The van der Waals surface area contributed by atoms with E-state index in [2.05, 4.69) is 9.98 Å². The molecule has 0 fully saturated rings. The molecule has 3 aromatic rings. The lowest BCUT2D eigenvalue weighted by molar-refractivity contribution is -0.130. The van der Waals surface area contributed by atoms with Gasteiger partial charge in [-0.15, -0.1) is 11.3 Å². The van der Waals surface area contributed by atoms with Gasteiger partial charge in [0.1, 0.15) is 0 Å². The lowest BCUT2D eigenvalue weighted by Gasteiger charge is -2.17. The first-order valence-electron chi connectivity index (χ1n) is 8.92. The van der Waals surface area contributed by atoms with Gasteiger partial charge < -0.3 is 4.74 Å². The predicted molar refractivity (Wildman–Crippen MR) is 113 cm³/mol. The summed E-state index contributed by atoms with van der Waals surface area (Å²) in [6, 6.07) is 16.9. The summed E-state index contributed by atoms with van der Waals surface area (Å²) in [5, 5.41) is 2.29. The molecule has 0 spiro atoms. The van der Waals surface area contributed by atoms with Gasteiger partial charge in [-0.05, 0) is 37.3 Å². The van der Waals surface area contributed by atoms with Gasteiger partial charge in [-0.1, -0.05) is 35.9 Å². The van der Waals surface area contributed by atoms with Crippen LogP contribution in [0.1, 0.15) is 23.7 Å². The lowest BCUT2D eigenvalue weighted by Crippen LogP contribution is -2.22. The van der Waals surface area contributed by atoms with Crippen molar-refractivity contribution in [2.24, 2.45) is 4.99 Å². The third kappa shape index (κ3) is 4.00. The monoisotopic (exact) mass is 403 g/mol. The Hall–Kier alpha value is -3.58. The zero-order chi connectivity index (χ0) is 20.4. The lowest BCUT2D eigenvalue weighted by atomic mass is 10.1. The summed E-state index contributed by atoms with van der Waals surface area (Å²) in [4.78, 5) is 34.7. The van der Waals surface area contributed by atoms with E-state index in [1.54, 1.807) is 11.5 Å². The predicted octanol–water partition coefficient (Wildman–Crippen LogP) is 4.48. The fourth-order valence-electron chi connectivity index (χ4n) is 2.82. The number of aromatic nitrogens is 1. The van der Waals surface area contributed by atoms with Crippen molar-refractivity contribution in [1.29, 1.82) is 0 Å². The van der Waals surface area contributed by atoms with Gasteiger partial charge in [0.05, 0.1) is 11.4 Å². The number of benzene rings is 2. The fraction of sp³-hybridized carbons (Fsp3) is 0.0909. The molecule has 0 saturated heterocycles. The molecule has 1 amide bonds. The average Bonchev–Trinajstić information content (AvgIpc) is 3.30. The van der Waals surface area contributed by atoms with Crippen LogP contribution in [0.3, 0.4) is 0 Å². The largest absolute Gasteiger partial charge is 0.402 e. The van der Waals surface area contributed by atoms with Gasteiger partial charge in [-0.25, -0.2) is 14.8 Å². The number of thiazole rings is 1. The number of para-hydroxylation sites is 1. The van der Waals surface area contributed by atoms with Gasteiger partial charge in [0.2, 0.25) is 11.8 Å². The summed E-state index contributed by atoms with van der Waals surface area (Å²) >= 11 is 1.31. The van der Waals surface area contributed by atoms with E-state index in [0.29, 0.717) is 10.8 Å². The molecule has 2 heterocycles. The van der Waals surface area contributed by atoms with Crippen molar-refractivity contribution in [3.05, 3.63) is 82.5 Å². The van der Waals surface area contributed by atoms with Crippen LogP contribution in [0.4, 0.5) is 10.8 Å². The number of amides is 1. The summed E-state index contributed by atoms with van der Waals surface area (Å²) in [6.45, 7) is 3.47. The van der Waals surface area contributed by atoms with Gasteiger partial charge in [0.25, 0.3) is 0 Å². The van der Waals surface area contributed by atoms with Gasteiger partial charge in [-0.2, -0.15) is 0 Å². The SMILES string of the molecule is CC(=O)N(c1ccccc1)c1nc(/C=C2/N=C(c3ccc(C)cc3)OC2=O)cs1. The quantitative estimate of drug-likeness (QED) is 0.476. The van der Waals surface area contributed by atoms with Crippen molar-refractivity contribution < 1.29 is 14.3 Å². The molecule has 0 aliphatic carbocycles. The van der Waals surface area contributed by atoms with E-state index in [1.165, 1.54) is 23.2 Å². The van der Waals surface area contributed by atoms with E-state index < -0.39 is 5.97 Å². The Morgan fingerprint density at radius 3 is 2.52 bits per heavy atom. The number of rotatable bonds is 4. The molecule has 2 aromatic carbocycles. The first-order valence-corrected chi connectivity index (χ1v) is 9.80. The van der Waals surface area contributed by atoms with E-state index in [9.17, 15) is 9.59 Å². The number of aryl methyl sites for hydroxylation is 1. The first-order chi connectivity index (χ1) is 14.0. The van der Waals surface area contributed by atoms with Crippen molar-refractivity contribution in [2.45, 2.75) is 13.8 Å².